The molecular weight excluding hydrogens is 344 g/mol. The van der Waals surface area contributed by atoms with Crippen molar-refractivity contribution in [2.24, 2.45) is 5.41 Å². The van der Waals surface area contributed by atoms with E-state index in [4.69, 9.17) is 21.1 Å². The number of aromatic amines is 1. The maximum absolute atomic E-state index is 12.8. The lowest BCUT2D eigenvalue weighted by molar-refractivity contribution is -0.101. The zero-order valence-electron chi connectivity index (χ0n) is 14.1. The fourth-order valence-electron chi connectivity index (χ4n) is 3.91. The van der Waals surface area contributed by atoms with E-state index in [1.54, 1.807) is 6.07 Å². The fraction of sp³-hybridized carbons (Fsp3) is 0.556. The van der Waals surface area contributed by atoms with Crippen molar-refractivity contribution >= 4 is 22.5 Å². The largest absolute Gasteiger partial charge is 0.495 e. The van der Waals surface area contributed by atoms with Crippen LogP contribution in [0.5, 0.6) is 5.75 Å². The number of H-pyrrole nitrogens is 1. The minimum Gasteiger partial charge on any atom is -0.495 e. The number of methoxy groups -OCH3 is 1. The first-order chi connectivity index (χ1) is 12.0. The molecule has 2 aromatic rings. The molecule has 1 aromatic carbocycles. The van der Waals surface area contributed by atoms with Crippen LogP contribution in [0.2, 0.25) is 5.02 Å². The SMILES string of the molecule is COc1cc2[nH]c(=O)n(CC3CCC4(CCC4)CO3)c(=O)c2cc1Cl. The standard InChI is InChI=1S/C18H21ClN2O4/c1-24-15-8-14-12(7-13(15)19)16(22)21(17(23)20-14)9-11-3-6-18(10-25-11)4-2-5-18/h7-8,11H,2-6,9-10H2,1H3,(H,20,23). The van der Waals surface area contributed by atoms with Crippen molar-refractivity contribution in [3.05, 3.63) is 38.0 Å². The van der Waals surface area contributed by atoms with Crippen LogP contribution < -0.4 is 16.0 Å². The smallest absolute Gasteiger partial charge is 0.328 e. The third-order valence-electron chi connectivity index (χ3n) is 5.68. The zero-order valence-corrected chi connectivity index (χ0v) is 14.9. The first-order valence-electron chi connectivity index (χ1n) is 8.63. The van der Waals surface area contributed by atoms with Gasteiger partial charge in [-0.3, -0.25) is 9.36 Å². The molecule has 25 heavy (non-hydrogen) atoms. The van der Waals surface area contributed by atoms with Gasteiger partial charge in [0.2, 0.25) is 0 Å². The van der Waals surface area contributed by atoms with Crippen LogP contribution in [0.15, 0.2) is 21.7 Å². The molecule has 7 heteroatoms. The number of benzene rings is 1. The minimum atomic E-state index is -0.436. The summed E-state index contributed by atoms with van der Waals surface area (Å²) in [6.07, 6.45) is 5.64. The highest BCUT2D eigenvalue weighted by molar-refractivity contribution is 6.32. The summed E-state index contributed by atoms with van der Waals surface area (Å²) in [6, 6.07) is 3.11. The Bertz CT molecular complexity index is 919. The van der Waals surface area contributed by atoms with Gasteiger partial charge < -0.3 is 14.5 Å². The van der Waals surface area contributed by atoms with Crippen LogP contribution in [0.3, 0.4) is 0 Å². The molecule has 0 amide bonds. The van der Waals surface area contributed by atoms with E-state index in [0.717, 1.165) is 19.4 Å². The van der Waals surface area contributed by atoms with Crippen LogP contribution in [-0.2, 0) is 11.3 Å². The molecule has 0 radical (unpaired) electrons. The van der Waals surface area contributed by atoms with E-state index in [2.05, 4.69) is 4.98 Å². The Kier molecular flexibility index (Phi) is 4.12. The lowest BCUT2D eigenvalue weighted by atomic mass is 9.65. The van der Waals surface area contributed by atoms with Gasteiger partial charge in [-0.1, -0.05) is 18.0 Å². The Morgan fingerprint density at radius 3 is 2.76 bits per heavy atom. The molecule has 2 aliphatic rings. The fourth-order valence-corrected chi connectivity index (χ4v) is 4.15. The molecule has 1 unspecified atom stereocenters. The second kappa shape index (κ2) is 6.18. The average molecular weight is 365 g/mol. The summed E-state index contributed by atoms with van der Waals surface area (Å²) in [7, 11) is 1.49. The molecule has 2 heterocycles. The molecule has 6 nitrogen and oxygen atoms in total. The lowest BCUT2D eigenvalue weighted by Gasteiger charge is -2.46. The molecule has 1 aliphatic carbocycles. The van der Waals surface area contributed by atoms with E-state index in [0.29, 0.717) is 27.1 Å². The third-order valence-corrected chi connectivity index (χ3v) is 5.97. The molecule has 1 saturated heterocycles. The number of fused-ring (bicyclic) bond motifs is 1. The molecule has 1 aliphatic heterocycles. The molecule has 134 valence electrons. The van der Waals surface area contributed by atoms with Gasteiger partial charge in [0.1, 0.15) is 5.75 Å². The van der Waals surface area contributed by atoms with Gasteiger partial charge in [0.15, 0.2) is 0 Å². The summed E-state index contributed by atoms with van der Waals surface area (Å²) in [6.45, 7) is 1.00. The summed E-state index contributed by atoms with van der Waals surface area (Å²) in [5.41, 5.74) is -0.00263. The van der Waals surface area contributed by atoms with Crippen molar-refractivity contribution < 1.29 is 9.47 Å². The van der Waals surface area contributed by atoms with Crippen LogP contribution in [0.4, 0.5) is 0 Å². The van der Waals surface area contributed by atoms with Gasteiger partial charge in [-0.25, -0.2) is 4.79 Å². The van der Waals surface area contributed by atoms with Gasteiger partial charge in [0, 0.05) is 6.07 Å². The Morgan fingerprint density at radius 1 is 1.36 bits per heavy atom. The van der Waals surface area contributed by atoms with Crippen molar-refractivity contribution in [1.82, 2.24) is 9.55 Å². The minimum absolute atomic E-state index is 0.101. The van der Waals surface area contributed by atoms with Gasteiger partial charge >= 0.3 is 5.69 Å². The van der Waals surface area contributed by atoms with E-state index < -0.39 is 5.69 Å². The second-order valence-electron chi connectivity index (χ2n) is 7.20. The number of nitrogens with zero attached hydrogens (tertiary/aromatic N) is 1. The van der Waals surface area contributed by atoms with Gasteiger partial charge in [-0.05, 0) is 37.2 Å². The molecule has 1 atom stereocenters. The van der Waals surface area contributed by atoms with Crippen molar-refractivity contribution in [3.63, 3.8) is 0 Å². The first-order valence-corrected chi connectivity index (χ1v) is 9.01. The van der Waals surface area contributed by atoms with Crippen LogP contribution in [0.1, 0.15) is 32.1 Å². The number of aromatic nitrogens is 2. The summed E-state index contributed by atoms with van der Waals surface area (Å²) < 4.78 is 12.3. The number of rotatable bonds is 3. The maximum atomic E-state index is 12.8. The number of halogens is 1. The Morgan fingerprint density at radius 2 is 2.16 bits per heavy atom. The third kappa shape index (κ3) is 2.87. The quantitative estimate of drug-likeness (QED) is 0.908. The molecule has 1 aromatic heterocycles. The normalized spacial score (nSPS) is 22.1. The number of ether oxygens (including phenoxy) is 2. The van der Waals surface area contributed by atoms with Gasteiger partial charge in [0.05, 0.1) is 42.3 Å². The van der Waals surface area contributed by atoms with Crippen molar-refractivity contribution in [2.75, 3.05) is 13.7 Å². The zero-order chi connectivity index (χ0) is 17.6. The van der Waals surface area contributed by atoms with Crippen molar-refractivity contribution in [1.29, 1.82) is 0 Å². The van der Waals surface area contributed by atoms with Gasteiger partial charge in [0.25, 0.3) is 5.56 Å². The number of hydrogen-bond donors (Lipinski definition) is 1. The molecule has 1 spiro atoms. The summed E-state index contributed by atoms with van der Waals surface area (Å²) in [5.74, 6) is 0.420. The Labute approximate surface area is 149 Å². The van der Waals surface area contributed by atoms with Crippen molar-refractivity contribution in [2.45, 2.75) is 44.8 Å². The second-order valence-corrected chi connectivity index (χ2v) is 7.61. The van der Waals surface area contributed by atoms with E-state index in [9.17, 15) is 9.59 Å². The molecular formula is C18H21ClN2O4. The summed E-state index contributed by atoms with van der Waals surface area (Å²) in [5, 5.41) is 0.711. The Balaban J connectivity index is 1.63. The molecule has 1 N–H and O–H groups in total. The van der Waals surface area contributed by atoms with Crippen LogP contribution in [0, 0.1) is 5.41 Å². The monoisotopic (exact) mass is 364 g/mol. The highest BCUT2D eigenvalue weighted by Crippen LogP contribution is 2.47. The number of hydrogen-bond acceptors (Lipinski definition) is 4. The van der Waals surface area contributed by atoms with Crippen LogP contribution in [0.25, 0.3) is 10.9 Å². The van der Waals surface area contributed by atoms with Crippen LogP contribution in [-0.4, -0.2) is 29.4 Å². The van der Waals surface area contributed by atoms with E-state index in [-0.39, 0.29) is 18.2 Å². The van der Waals surface area contributed by atoms with E-state index in [1.165, 1.54) is 37.0 Å². The Hall–Kier alpha value is -1.79. The van der Waals surface area contributed by atoms with Crippen molar-refractivity contribution in [3.8, 4) is 5.75 Å². The predicted molar refractivity (Wildman–Crippen MR) is 95.6 cm³/mol. The van der Waals surface area contributed by atoms with Gasteiger partial charge in [-0.2, -0.15) is 0 Å². The highest BCUT2D eigenvalue weighted by atomic mass is 35.5. The molecule has 0 bridgehead atoms. The lowest BCUT2D eigenvalue weighted by Crippen LogP contribution is -2.45. The van der Waals surface area contributed by atoms with Gasteiger partial charge in [-0.15, -0.1) is 0 Å². The van der Waals surface area contributed by atoms with E-state index >= 15 is 0 Å². The number of nitrogens with one attached hydrogen (secondary N) is 1. The molecule has 4 rings (SSSR count). The maximum Gasteiger partial charge on any atom is 0.328 e. The topological polar surface area (TPSA) is 73.3 Å². The van der Waals surface area contributed by atoms with E-state index in [1.807, 2.05) is 0 Å². The van der Waals surface area contributed by atoms with Crippen LogP contribution >= 0.6 is 11.6 Å². The summed E-state index contributed by atoms with van der Waals surface area (Å²) >= 11 is 6.12. The molecule has 2 fully saturated rings. The molecule has 1 saturated carbocycles. The summed E-state index contributed by atoms with van der Waals surface area (Å²) in [4.78, 5) is 27.9. The average Bonchev–Trinajstić information content (AvgIpc) is 2.58. The predicted octanol–water partition coefficient (Wildman–Crippen LogP) is 2.70. The first kappa shape index (κ1) is 16.7. The highest BCUT2D eigenvalue weighted by Gasteiger charge is 2.41.